The molecule has 3 aromatic rings. The summed E-state index contributed by atoms with van der Waals surface area (Å²) in [4.78, 5) is 24.1. The SMILES string of the molecule is CN(c1ncccc1CNc1nc(Nc2ccc(C(=O)NCCCCCO)cc2)ncc1C(F)(F)F)S(C)(=O)=O. The number of nitrogens with zero attached hydrogens (tertiary/aromatic N) is 4. The number of alkyl halides is 3. The summed E-state index contributed by atoms with van der Waals surface area (Å²) in [5.41, 5.74) is 0.0640. The first kappa shape index (κ1) is 30.6. The van der Waals surface area contributed by atoms with Crippen molar-refractivity contribution in [2.45, 2.75) is 32.0 Å². The molecule has 0 aliphatic carbocycles. The van der Waals surface area contributed by atoms with Gasteiger partial charge in [0, 0.05) is 56.0 Å². The van der Waals surface area contributed by atoms with E-state index in [0.717, 1.165) is 23.4 Å². The zero-order chi connectivity index (χ0) is 29.3. The smallest absolute Gasteiger partial charge is 0.396 e. The lowest BCUT2D eigenvalue weighted by atomic mass is 10.2. The van der Waals surface area contributed by atoms with Gasteiger partial charge in [0.05, 0.1) is 6.26 Å². The summed E-state index contributed by atoms with van der Waals surface area (Å²) in [6.07, 6.45) is 0.461. The van der Waals surface area contributed by atoms with Gasteiger partial charge in [-0.25, -0.2) is 18.4 Å². The largest absolute Gasteiger partial charge is 0.421 e. The number of carbonyl (C=O) groups excluding carboxylic acids is 1. The number of aliphatic hydroxyl groups is 1. The van der Waals surface area contributed by atoms with E-state index in [1.54, 1.807) is 24.3 Å². The molecular formula is C25H30F3N7O4S. The molecule has 2 heterocycles. The molecule has 0 aliphatic heterocycles. The molecule has 216 valence electrons. The maximum absolute atomic E-state index is 13.7. The summed E-state index contributed by atoms with van der Waals surface area (Å²) >= 11 is 0. The number of anilines is 4. The predicted molar refractivity (Wildman–Crippen MR) is 145 cm³/mol. The number of amides is 1. The number of sulfonamides is 1. The summed E-state index contributed by atoms with van der Waals surface area (Å²) < 4.78 is 65.9. The fourth-order valence-electron chi connectivity index (χ4n) is 3.52. The second kappa shape index (κ2) is 13.4. The van der Waals surface area contributed by atoms with Crippen LogP contribution in [-0.2, 0) is 22.7 Å². The Kier molecular flexibility index (Phi) is 10.2. The van der Waals surface area contributed by atoms with E-state index >= 15 is 0 Å². The van der Waals surface area contributed by atoms with Gasteiger partial charge in [0.1, 0.15) is 17.2 Å². The summed E-state index contributed by atoms with van der Waals surface area (Å²) in [6, 6.07) is 9.32. The second-order valence-electron chi connectivity index (χ2n) is 8.77. The average molecular weight is 582 g/mol. The maximum atomic E-state index is 13.7. The Morgan fingerprint density at radius 3 is 2.45 bits per heavy atom. The Bertz CT molecular complexity index is 1400. The Balaban J connectivity index is 1.75. The third-order valence-electron chi connectivity index (χ3n) is 5.73. The van der Waals surface area contributed by atoms with E-state index in [0.29, 0.717) is 36.0 Å². The highest BCUT2D eigenvalue weighted by molar-refractivity contribution is 7.92. The minimum absolute atomic E-state index is 0.0627. The molecule has 0 saturated heterocycles. The molecule has 11 nitrogen and oxygen atoms in total. The second-order valence-corrected chi connectivity index (χ2v) is 10.8. The topological polar surface area (TPSA) is 149 Å². The molecule has 0 spiro atoms. The van der Waals surface area contributed by atoms with Crippen molar-refractivity contribution in [2.75, 3.05) is 41.4 Å². The number of aliphatic hydroxyl groups excluding tert-OH is 1. The van der Waals surface area contributed by atoms with Gasteiger partial charge in [-0.1, -0.05) is 6.07 Å². The van der Waals surface area contributed by atoms with Crippen molar-refractivity contribution in [2.24, 2.45) is 0 Å². The number of hydrogen-bond acceptors (Lipinski definition) is 9. The first-order valence-corrected chi connectivity index (χ1v) is 14.1. The Hall–Kier alpha value is -3.98. The predicted octanol–water partition coefficient (Wildman–Crippen LogP) is 3.53. The molecule has 0 unspecified atom stereocenters. The zero-order valence-electron chi connectivity index (χ0n) is 21.9. The lowest BCUT2D eigenvalue weighted by molar-refractivity contribution is -0.137. The van der Waals surface area contributed by atoms with Crippen molar-refractivity contribution in [3.05, 3.63) is 65.5 Å². The normalized spacial score (nSPS) is 11.7. The van der Waals surface area contributed by atoms with Gasteiger partial charge in [-0.2, -0.15) is 18.2 Å². The van der Waals surface area contributed by atoms with Crippen molar-refractivity contribution in [1.29, 1.82) is 0 Å². The summed E-state index contributed by atoms with van der Waals surface area (Å²) in [6.45, 7) is 0.377. The first-order valence-electron chi connectivity index (χ1n) is 12.2. The van der Waals surface area contributed by atoms with Gasteiger partial charge in [-0.3, -0.25) is 9.10 Å². The van der Waals surface area contributed by atoms with E-state index in [1.807, 2.05) is 0 Å². The van der Waals surface area contributed by atoms with Crippen LogP contribution >= 0.6 is 0 Å². The van der Waals surface area contributed by atoms with Crippen LogP contribution in [0, 0.1) is 0 Å². The fourth-order valence-corrected chi connectivity index (χ4v) is 4.00. The van der Waals surface area contributed by atoms with Gasteiger partial charge in [-0.15, -0.1) is 0 Å². The van der Waals surface area contributed by atoms with Gasteiger partial charge in [-0.05, 0) is 49.6 Å². The van der Waals surface area contributed by atoms with Crippen LogP contribution in [0.25, 0.3) is 0 Å². The van der Waals surface area contributed by atoms with Crippen molar-refractivity contribution in [1.82, 2.24) is 20.3 Å². The minimum atomic E-state index is -4.75. The number of unbranched alkanes of at least 4 members (excludes halogenated alkanes) is 2. The number of pyridine rings is 1. The number of aromatic nitrogens is 3. The summed E-state index contributed by atoms with van der Waals surface area (Å²) in [5.74, 6) is -0.855. The molecule has 40 heavy (non-hydrogen) atoms. The molecule has 0 bridgehead atoms. The molecule has 4 N–H and O–H groups in total. The van der Waals surface area contributed by atoms with Gasteiger partial charge in [0.15, 0.2) is 0 Å². The average Bonchev–Trinajstić information content (AvgIpc) is 2.91. The molecule has 3 rings (SSSR count). The van der Waals surface area contributed by atoms with E-state index in [9.17, 15) is 26.4 Å². The van der Waals surface area contributed by atoms with Crippen molar-refractivity contribution >= 4 is 39.2 Å². The number of nitrogens with one attached hydrogen (secondary N) is 3. The molecule has 0 aliphatic rings. The van der Waals surface area contributed by atoms with E-state index < -0.39 is 27.6 Å². The lowest BCUT2D eigenvalue weighted by Gasteiger charge is -2.20. The van der Waals surface area contributed by atoms with E-state index in [-0.39, 0.29) is 30.8 Å². The standard InChI is InChI=1S/C25H30F3N7O4S/c1-35(40(2,38)39)22-18(7-6-13-29-22)15-31-21-20(25(26,27)28)16-32-24(34-21)33-19-10-8-17(9-11-19)23(37)30-12-4-3-5-14-36/h6-11,13,16,36H,3-5,12,14-15H2,1-2H3,(H,30,37)(H2,31,32,33,34). The molecule has 0 saturated carbocycles. The lowest BCUT2D eigenvalue weighted by Crippen LogP contribution is -2.27. The van der Waals surface area contributed by atoms with Gasteiger partial charge in [0.2, 0.25) is 16.0 Å². The number of carbonyl (C=O) groups is 1. The van der Waals surface area contributed by atoms with Crippen LogP contribution in [-0.4, -0.2) is 60.8 Å². The van der Waals surface area contributed by atoms with Crippen molar-refractivity contribution in [3.63, 3.8) is 0 Å². The highest BCUT2D eigenvalue weighted by Gasteiger charge is 2.35. The minimum Gasteiger partial charge on any atom is -0.396 e. The van der Waals surface area contributed by atoms with E-state index in [2.05, 4.69) is 30.9 Å². The van der Waals surface area contributed by atoms with Crippen LogP contribution < -0.4 is 20.3 Å². The molecule has 0 radical (unpaired) electrons. The van der Waals surface area contributed by atoms with Crippen LogP contribution in [0.3, 0.4) is 0 Å². The number of hydrogen-bond donors (Lipinski definition) is 4. The third-order valence-corrected chi connectivity index (χ3v) is 6.90. The summed E-state index contributed by atoms with van der Waals surface area (Å²) in [5, 5.41) is 17.0. The van der Waals surface area contributed by atoms with Gasteiger partial charge in [0.25, 0.3) is 5.91 Å². The van der Waals surface area contributed by atoms with Crippen LogP contribution in [0.4, 0.5) is 36.4 Å². The zero-order valence-corrected chi connectivity index (χ0v) is 22.7. The van der Waals surface area contributed by atoms with E-state index in [4.69, 9.17) is 5.11 Å². The Labute approximate surface area is 229 Å². The first-order chi connectivity index (χ1) is 18.9. The Morgan fingerprint density at radius 1 is 1.07 bits per heavy atom. The van der Waals surface area contributed by atoms with Crippen LogP contribution in [0.15, 0.2) is 48.8 Å². The van der Waals surface area contributed by atoms with Crippen molar-refractivity contribution < 1.29 is 31.5 Å². The fraction of sp³-hybridized carbons (Fsp3) is 0.360. The molecule has 2 aromatic heterocycles. The third kappa shape index (κ3) is 8.51. The van der Waals surface area contributed by atoms with Crippen molar-refractivity contribution in [3.8, 4) is 0 Å². The van der Waals surface area contributed by atoms with Gasteiger partial charge >= 0.3 is 6.18 Å². The highest BCUT2D eigenvalue weighted by Crippen LogP contribution is 2.34. The van der Waals surface area contributed by atoms with Gasteiger partial charge < -0.3 is 21.1 Å². The molecule has 1 amide bonds. The highest BCUT2D eigenvalue weighted by atomic mass is 32.2. The number of halogens is 3. The number of benzene rings is 1. The molecular weight excluding hydrogens is 551 g/mol. The monoisotopic (exact) mass is 581 g/mol. The molecule has 0 fully saturated rings. The molecule has 15 heteroatoms. The molecule has 1 aromatic carbocycles. The maximum Gasteiger partial charge on any atom is 0.421 e. The van der Waals surface area contributed by atoms with Crippen LogP contribution in [0.5, 0.6) is 0 Å². The van der Waals surface area contributed by atoms with Crippen LogP contribution in [0.2, 0.25) is 0 Å². The Morgan fingerprint density at radius 2 is 1.80 bits per heavy atom. The molecule has 0 atom stereocenters. The quantitative estimate of drug-likeness (QED) is 0.222. The van der Waals surface area contributed by atoms with Crippen LogP contribution in [0.1, 0.15) is 40.7 Å². The summed E-state index contributed by atoms with van der Waals surface area (Å²) in [7, 11) is -2.36. The van der Waals surface area contributed by atoms with E-state index in [1.165, 1.54) is 25.4 Å². The number of rotatable bonds is 13.